The van der Waals surface area contributed by atoms with Crippen LogP contribution in [0.1, 0.15) is 44.9 Å². The molecule has 1 aromatic heterocycles. The van der Waals surface area contributed by atoms with Crippen LogP contribution in [0.5, 0.6) is 5.75 Å². The van der Waals surface area contributed by atoms with Gasteiger partial charge in [0, 0.05) is 34.6 Å². The van der Waals surface area contributed by atoms with Gasteiger partial charge in [0.2, 0.25) is 0 Å². The highest BCUT2D eigenvalue weighted by Gasteiger charge is 2.31. The van der Waals surface area contributed by atoms with Crippen LogP contribution < -0.4 is 10.1 Å². The normalized spacial score (nSPS) is 17.1. The van der Waals surface area contributed by atoms with E-state index in [4.69, 9.17) is 16.3 Å². The Morgan fingerprint density at radius 2 is 1.94 bits per heavy atom. The van der Waals surface area contributed by atoms with Crippen molar-refractivity contribution >= 4 is 34.3 Å². The monoisotopic (exact) mass is 482 g/mol. The average molecular weight is 483 g/mol. The van der Waals surface area contributed by atoms with Crippen LogP contribution in [0.25, 0.3) is 10.9 Å². The first-order chi connectivity index (χ1) is 16.1. The number of nitrogens with one attached hydrogen (secondary N) is 1. The van der Waals surface area contributed by atoms with E-state index in [0.717, 1.165) is 41.5 Å². The van der Waals surface area contributed by atoms with Crippen molar-refractivity contribution in [3.63, 3.8) is 0 Å². The number of Topliss-reactive ketones (excluding diaryl/α,β-unsaturated/α-hetero) is 1. The fourth-order valence-electron chi connectivity index (χ4n) is 4.58. The van der Waals surface area contributed by atoms with Gasteiger partial charge in [-0.25, -0.2) is 0 Å². The molecule has 6 nitrogen and oxygen atoms in total. The highest BCUT2D eigenvalue weighted by atomic mass is 35.5. The minimum absolute atomic E-state index is 0.00343. The lowest BCUT2D eigenvalue weighted by molar-refractivity contribution is -0.146. The van der Waals surface area contributed by atoms with Gasteiger partial charge < -0.3 is 19.7 Å². The molecule has 1 aliphatic heterocycles. The molecule has 1 saturated heterocycles. The van der Waals surface area contributed by atoms with Crippen molar-refractivity contribution in [2.45, 2.75) is 58.7 Å². The number of hydrogen-bond donors (Lipinski definition) is 2. The Morgan fingerprint density at radius 3 is 2.56 bits per heavy atom. The van der Waals surface area contributed by atoms with Crippen molar-refractivity contribution in [3.8, 4) is 5.75 Å². The lowest BCUT2D eigenvalue weighted by Crippen LogP contribution is -2.43. The highest BCUT2D eigenvalue weighted by Crippen LogP contribution is 2.31. The van der Waals surface area contributed by atoms with Crippen LogP contribution in [0.4, 0.5) is 0 Å². The number of hydrogen-bond acceptors (Lipinski definition) is 4. The number of carbonyl (C=O) groups excluding carboxylic acids is 1. The lowest BCUT2D eigenvalue weighted by atomic mass is 9.88. The Hall–Kier alpha value is -2.83. The van der Waals surface area contributed by atoms with E-state index in [0.29, 0.717) is 23.7 Å². The molecule has 1 unspecified atom stereocenters. The largest absolute Gasteiger partial charge is 0.481 e. The SMILES string of the molecule is CC(=O)[C@@H](Oc1ccc2c(c1)cc(CC(C)(C)C(=O)O)n2Cc1ccc(Cl)cc1)C1CCCN1. The summed E-state index contributed by atoms with van der Waals surface area (Å²) < 4.78 is 8.30. The summed E-state index contributed by atoms with van der Waals surface area (Å²) in [6.07, 6.45) is 1.80. The van der Waals surface area contributed by atoms with Gasteiger partial charge in [0.05, 0.1) is 11.5 Å². The zero-order valence-electron chi connectivity index (χ0n) is 19.8. The van der Waals surface area contributed by atoms with Gasteiger partial charge in [-0.1, -0.05) is 23.7 Å². The van der Waals surface area contributed by atoms with Gasteiger partial charge in [0.25, 0.3) is 0 Å². The lowest BCUT2D eigenvalue weighted by Gasteiger charge is -2.22. The molecule has 2 heterocycles. The summed E-state index contributed by atoms with van der Waals surface area (Å²) in [4.78, 5) is 24.1. The molecular weight excluding hydrogens is 452 g/mol. The van der Waals surface area contributed by atoms with Crippen LogP contribution in [0.2, 0.25) is 5.02 Å². The van der Waals surface area contributed by atoms with Crippen molar-refractivity contribution in [2.75, 3.05) is 6.54 Å². The summed E-state index contributed by atoms with van der Waals surface area (Å²) in [6.45, 7) is 6.53. The first kappa shape index (κ1) is 24.3. The molecule has 0 bridgehead atoms. The second kappa shape index (κ2) is 9.80. The Morgan fingerprint density at radius 1 is 1.21 bits per heavy atom. The Bertz CT molecular complexity index is 1190. The zero-order chi connectivity index (χ0) is 24.5. The molecule has 0 aliphatic carbocycles. The number of aromatic nitrogens is 1. The molecule has 1 aliphatic rings. The molecule has 0 saturated carbocycles. The second-order valence-corrected chi connectivity index (χ2v) is 10.2. The number of carboxylic acid groups (broad SMARTS) is 1. The van der Waals surface area contributed by atoms with Crippen molar-refractivity contribution < 1.29 is 19.4 Å². The molecule has 2 atom stereocenters. The van der Waals surface area contributed by atoms with Crippen LogP contribution in [-0.4, -0.2) is 40.1 Å². The fourth-order valence-corrected chi connectivity index (χ4v) is 4.70. The van der Waals surface area contributed by atoms with E-state index >= 15 is 0 Å². The van der Waals surface area contributed by atoms with Crippen LogP contribution in [0.3, 0.4) is 0 Å². The third-order valence-corrected chi connectivity index (χ3v) is 6.79. The van der Waals surface area contributed by atoms with Crippen LogP contribution in [0.15, 0.2) is 48.5 Å². The molecule has 4 rings (SSSR count). The molecule has 0 amide bonds. The number of carbonyl (C=O) groups is 2. The minimum atomic E-state index is -0.917. The van der Waals surface area contributed by atoms with Crippen molar-refractivity contribution in [3.05, 3.63) is 64.8 Å². The van der Waals surface area contributed by atoms with E-state index in [9.17, 15) is 14.7 Å². The Balaban J connectivity index is 1.70. The molecule has 0 radical (unpaired) electrons. The molecule has 3 aromatic rings. The smallest absolute Gasteiger partial charge is 0.309 e. The number of rotatable bonds is 9. The Labute approximate surface area is 204 Å². The van der Waals surface area contributed by atoms with Crippen molar-refractivity contribution in [2.24, 2.45) is 5.41 Å². The van der Waals surface area contributed by atoms with Gasteiger partial charge in [0.15, 0.2) is 11.9 Å². The third kappa shape index (κ3) is 5.29. The third-order valence-electron chi connectivity index (χ3n) is 6.54. The van der Waals surface area contributed by atoms with Crippen LogP contribution in [-0.2, 0) is 22.6 Å². The first-order valence-electron chi connectivity index (χ1n) is 11.6. The zero-order valence-corrected chi connectivity index (χ0v) is 20.6. The number of benzene rings is 2. The highest BCUT2D eigenvalue weighted by molar-refractivity contribution is 6.30. The van der Waals surface area contributed by atoms with Gasteiger partial charge in [-0.2, -0.15) is 0 Å². The van der Waals surface area contributed by atoms with Crippen LogP contribution in [0, 0.1) is 5.41 Å². The van der Waals surface area contributed by atoms with E-state index in [1.165, 1.54) is 0 Å². The molecule has 2 aromatic carbocycles. The number of carboxylic acids is 1. The van der Waals surface area contributed by atoms with Gasteiger partial charge in [-0.05, 0) is 82.1 Å². The minimum Gasteiger partial charge on any atom is -0.481 e. The summed E-state index contributed by atoms with van der Waals surface area (Å²) in [7, 11) is 0. The molecule has 34 heavy (non-hydrogen) atoms. The van der Waals surface area contributed by atoms with E-state index < -0.39 is 17.5 Å². The maximum atomic E-state index is 12.3. The number of aliphatic carboxylic acids is 1. The second-order valence-electron chi connectivity index (χ2n) is 9.79. The molecule has 0 spiro atoms. The number of halogens is 1. The van der Waals surface area contributed by atoms with Gasteiger partial charge >= 0.3 is 5.97 Å². The summed E-state index contributed by atoms with van der Waals surface area (Å²) in [6, 6.07) is 15.5. The standard InChI is InChI=1S/C27H31ClN2O4/c1-17(31)25(23-5-4-12-29-23)34-22-10-11-24-19(14-22)13-21(15-27(2,3)26(32)33)30(24)16-18-6-8-20(28)9-7-18/h6-11,13-14,23,25,29H,4-5,12,15-16H2,1-3H3,(H,32,33)/t23?,25-/m1/s1. The quantitative estimate of drug-likeness (QED) is 0.444. The topological polar surface area (TPSA) is 80.6 Å². The molecule has 7 heteroatoms. The van der Waals surface area contributed by atoms with Crippen LogP contribution >= 0.6 is 11.6 Å². The number of ketones is 1. The molecule has 2 N–H and O–H groups in total. The van der Waals surface area contributed by atoms with Gasteiger partial charge in [-0.15, -0.1) is 0 Å². The average Bonchev–Trinajstić information content (AvgIpc) is 3.41. The maximum absolute atomic E-state index is 12.3. The molecular formula is C27H31ClN2O4. The maximum Gasteiger partial charge on any atom is 0.309 e. The summed E-state index contributed by atoms with van der Waals surface area (Å²) in [5, 5.41) is 14.7. The predicted octanol–water partition coefficient (Wildman–Crippen LogP) is 5.08. The van der Waals surface area contributed by atoms with E-state index in [-0.39, 0.29) is 11.8 Å². The first-order valence-corrected chi connectivity index (χ1v) is 12.0. The van der Waals surface area contributed by atoms with Crippen molar-refractivity contribution in [1.29, 1.82) is 0 Å². The van der Waals surface area contributed by atoms with Crippen molar-refractivity contribution in [1.82, 2.24) is 9.88 Å². The van der Waals surface area contributed by atoms with E-state index in [1.807, 2.05) is 48.5 Å². The van der Waals surface area contributed by atoms with Gasteiger partial charge in [-0.3, -0.25) is 9.59 Å². The van der Waals surface area contributed by atoms with E-state index in [1.54, 1.807) is 20.8 Å². The molecule has 180 valence electrons. The summed E-state index contributed by atoms with van der Waals surface area (Å²) in [5.41, 5.74) is 2.06. The number of fused-ring (bicyclic) bond motifs is 1. The Kier molecular flexibility index (Phi) is 7.01. The van der Waals surface area contributed by atoms with Gasteiger partial charge in [0.1, 0.15) is 5.75 Å². The predicted molar refractivity (Wildman–Crippen MR) is 134 cm³/mol. The summed E-state index contributed by atoms with van der Waals surface area (Å²) >= 11 is 6.06. The number of ether oxygens (including phenoxy) is 1. The fraction of sp³-hybridized carbons (Fsp3) is 0.407. The molecule has 1 fully saturated rings. The number of nitrogens with zero attached hydrogens (tertiary/aromatic N) is 1. The summed E-state index contributed by atoms with van der Waals surface area (Å²) in [5.74, 6) is -0.203. The van der Waals surface area contributed by atoms with E-state index in [2.05, 4.69) is 9.88 Å².